The van der Waals surface area contributed by atoms with E-state index in [1.807, 2.05) is 23.8 Å². The molecule has 3 heterocycles. The third-order valence-electron chi connectivity index (χ3n) is 3.21. The van der Waals surface area contributed by atoms with Crippen LogP contribution >= 0.6 is 22.7 Å². The number of aryl methyl sites for hydroxylation is 1. The quantitative estimate of drug-likeness (QED) is 0.925. The molecule has 1 amide bonds. The Morgan fingerprint density at radius 3 is 3.05 bits per heavy atom. The van der Waals surface area contributed by atoms with Gasteiger partial charge in [-0.1, -0.05) is 0 Å². The zero-order valence-corrected chi connectivity index (χ0v) is 12.1. The summed E-state index contributed by atoms with van der Waals surface area (Å²) in [5.74, 6) is -0.00645. The van der Waals surface area contributed by atoms with Gasteiger partial charge in [0.25, 0.3) is 5.91 Å². The summed E-state index contributed by atoms with van der Waals surface area (Å²) in [5, 5.41) is 14.4. The zero-order valence-electron chi connectivity index (χ0n) is 10.5. The Balaban J connectivity index is 1.87. The van der Waals surface area contributed by atoms with Crippen molar-refractivity contribution in [3.05, 3.63) is 27.4 Å². The third-order valence-corrected chi connectivity index (χ3v) is 5.09. The Bertz CT molecular complexity index is 592. The van der Waals surface area contributed by atoms with Gasteiger partial charge < -0.3 is 10.0 Å². The number of rotatable bonds is 2. The lowest BCUT2D eigenvalue weighted by molar-refractivity contribution is 0.0769. The van der Waals surface area contributed by atoms with Crippen LogP contribution in [0.25, 0.3) is 10.6 Å². The van der Waals surface area contributed by atoms with Crippen LogP contribution in [0.1, 0.15) is 21.8 Å². The van der Waals surface area contributed by atoms with Crippen LogP contribution in [0.3, 0.4) is 0 Å². The van der Waals surface area contributed by atoms with E-state index in [2.05, 4.69) is 4.98 Å². The minimum absolute atomic E-state index is 0.00645. The molecule has 1 atom stereocenters. The summed E-state index contributed by atoms with van der Waals surface area (Å²) in [5.41, 5.74) is 1.84. The number of thiazole rings is 1. The van der Waals surface area contributed by atoms with Gasteiger partial charge in [0.05, 0.1) is 11.8 Å². The fourth-order valence-electron chi connectivity index (χ4n) is 2.17. The lowest BCUT2D eigenvalue weighted by Crippen LogP contribution is -2.29. The van der Waals surface area contributed by atoms with Crippen LogP contribution in [-0.2, 0) is 0 Å². The molecule has 2 aromatic heterocycles. The summed E-state index contributed by atoms with van der Waals surface area (Å²) < 4.78 is 0. The van der Waals surface area contributed by atoms with Crippen molar-refractivity contribution < 1.29 is 9.90 Å². The maximum absolute atomic E-state index is 12.4. The van der Waals surface area contributed by atoms with Crippen molar-refractivity contribution in [3.8, 4) is 10.6 Å². The van der Waals surface area contributed by atoms with E-state index < -0.39 is 0 Å². The maximum Gasteiger partial charge on any atom is 0.265 e. The highest BCUT2D eigenvalue weighted by Gasteiger charge is 2.28. The number of amides is 1. The molecule has 4 nitrogen and oxygen atoms in total. The van der Waals surface area contributed by atoms with Crippen LogP contribution in [0.4, 0.5) is 0 Å². The summed E-state index contributed by atoms with van der Waals surface area (Å²) in [6, 6.07) is 2.01. The van der Waals surface area contributed by atoms with Crippen LogP contribution in [0.15, 0.2) is 16.8 Å². The molecule has 0 radical (unpaired) electrons. The van der Waals surface area contributed by atoms with E-state index in [1.165, 1.54) is 11.3 Å². The van der Waals surface area contributed by atoms with Crippen molar-refractivity contribution in [2.24, 2.45) is 0 Å². The number of aliphatic hydroxyl groups excluding tert-OH is 1. The minimum Gasteiger partial charge on any atom is -0.391 e. The number of carbonyl (C=O) groups excluding carboxylic acids is 1. The normalized spacial score (nSPS) is 19.1. The number of aliphatic hydroxyl groups is 1. The molecule has 6 heteroatoms. The average Bonchev–Trinajstić information content (AvgIpc) is 3.07. The van der Waals surface area contributed by atoms with Gasteiger partial charge in [-0.3, -0.25) is 4.79 Å². The topological polar surface area (TPSA) is 53.4 Å². The van der Waals surface area contributed by atoms with E-state index in [9.17, 15) is 9.90 Å². The first-order valence-electron chi connectivity index (χ1n) is 6.12. The number of nitrogens with zero attached hydrogens (tertiary/aromatic N) is 2. The smallest absolute Gasteiger partial charge is 0.265 e. The number of thiophene rings is 1. The average molecular weight is 294 g/mol. The fraction of sp³-hybridized carbons (Fsp3) is 0.385. The number of β-amino-alcohol motifs (C(OH)–C–C–N with tert-alkyl or cyclic N) is 1. The Morgan fingerprint density at radius 2 is 2.42 bits per heavy atom. The van der Waals surface area contributed by atoms with Gasteiger partial charge >= 0.3 is 0 Å². The molecule has 0 aliphatic carbocycles. The lowest BCUT2D eigenvalue weighted by Gasteiger charge is -2.14. The Kier molecular flexibility index (Phi) is 3.38. The van der Waals surface area contributed by atoms with Gasteiger partial charge in [-0.15, -0.1) is 11.3 Å². The van der Waals surface area contributed by atoms with Gasteiger partial charge in [0.1, 0.15) is 9.88 Å². The van der Waals surface area contributed by atoms with Crippen LogP contribution < -0.4 is 0 Å². The van der Waals surface area contributed by atoms with Crippen molar-refractivity contribution in [2.75, 3.05) is 13.1 Å². The highest BCUT2D eigenvalue weighted by molar-refractivity contribution is 7.17. The molecule has 0 spiro atoms. The number of carbonyl (C=O) groups is 1. The Morgan fingerprint density at radius 1 is 1.58 bits per heavy atom. The fourth-order valence-corrected chi connectivity index (χ4v) is 3.92. The molecule has 19 heavy (non-hydrogen) atoms. The maximum atomic E-state index is 12.4. The van der Waals surface area contributed by atoms with Gasteiger partial charge in [0, 0.05) is 24.0 Å². The van der Waals surface area contributed by atoms with Gasteiger partial charge in [-0.25, -0.2) is 4.98 Å². The number of likely N-dealkylation sites (tertiary alicyclic amines) is 1. The largest absolute Gasteiger partial charge is 0.391 e. The Labute approximate surface area is 119 Å². The molecular weight excluding hydrogens is 280 g/mol. The van der Waals surface area contributed by atoms with Crippen LogP contribution in [0.2, 0.25) is 0 Å². The molecule has 1 fully saturated rings. The summed E-state index contributed by atoms with van der Waals surface area (Å²) >= 11 is 3.06. The van der Waals surface area contributed by atoms with Gasteiger partial charge in [-0.05, 0) is 24.8 Å². The first kappa shape index (κ1) is 12.8. The van der Waals surface area contributed by atoms with E-state index in [0.29, 0.717) is 24.4 Å². The molecule has 1 N–H and O–H groups in total. The predicted octanol–water partition coefficient (Wildman–Crippen LogP) is 2.39. The molecule has 1 aliphatic rings. The zero-order chi connectivity index (χ0) is 13.4. The predicted molar refractivity (Wildman–Crippen MR) is 76.7 cm³/mol. The van der Waals surface area contributed by atoms with E-state index in [1.54, 1.807) is 16.2 Å². The first-order chi connectivity index (χ1) is 9.15. The van der Waals surface area contributed by atoms with E-state index >= 15 is 0 Å². The molecule has 1 aliphatic heterocycles. The van der Waals surface area contributed by atoms with E-state index in [0.717, 1.165) is 16.3 Å². The van der Waals surface area contributed by atoms with Crippen molar-refractivity contribution in [1.82, 2.24) is 9.88 Å². The third kappa shape index (κ3) is 2.43. The molecule has 0 bridgehead atoms. The van der Waals surface area contributed by atoms with E-state index in [-0.39, 0.29) is 12.0 Å². The van der Waals surface area contributed by atoms with Gasteiger partial charge in [0.2, 0.25) is 0 Å². The molecule has 2 aromatic rings. The van der Waals surface area contributed by atoms with Crippen LogP contribution in [-0.4, -0.2) is 40.1 Å². The number of aromatic nitrogens is 1. The van der Waals surface area contributed by atoms with Crippen molar-refractivity contribution in [1.29, 1.82) is 0 Å². The Hall–Kier alpha value is -1.24. The van der Waals surface area contributed by atoms with Crippen molar-refractivity contribution in [2.45, 2.75) is 19.4 Å². The summed E-state index contributed by atoms with van der Waals surface area (Å²) in [6.07, 6.45) is 0.287. The van der Waals surface area contributed by atoms with Crippen molar-refractivity contribution >= 4 is 28.6 Å². The molecule has 1 saturated heterocycles. The summed E-state index contributed by atoms with van der Waals surface area (Å²) in [4.78, 5) is 19.3. The highest BCUT2D eigenvalue weighted by Crippen LogP contribution is 2.30. The summed E-state index contributed by atoms with van der Waals surface area (Å²) in [7, 11) is 0. The highest BCUT2D eigenvalue weighted by atomic mass is 32.1. The van der Waals surface area contributed by atoms with Gasteiger partial charge in [-0.2, -0.15) is 11.3 Å². The molecule has 0 saturated carbocycles. The lowest BCUT2D eigenvalue weighted by atomic mass is 10.3. The van der Waals surface area contributed by atoms with Crippen molar-refractivity contribution in [3.63, 3.8) is 0 Å². The monoisotopic (exact) mass is 294 g/mol. The minimum atomic E-state index is -0.381. The second kappa shape index (κ2) is 5.03. The standard InChI is InChI=1S/C13H14N2O2S2/c1-8-11(13(17)15-4-2-10(16)6-15)19-12(14-8)9-3-5-18-7-9/h3,5,7,10,16H,2,4,6H2,1H3/t10-/m0/s1. The summed E-state index contributed by atoms with van der Waals surface area (Å²) in [6.45, 7) is 2.93. The molecular formula is C13H14N2O2S2. The number of hydrogen-bond acceptors (Lipinski definition) is 5. The first-order valence-corrected chi connectivity index (χ1v) is 7.88. The van der Waals surface area contributed by atoms with E-state index in [4.69, 9.17) is 0 Å². The van der Waals surface area contributed by atoms with Crippen LogP contribution in [0, 0.1) is 6.92 Å². The second-order valence-electron chi connectivity index (χ2n) is 4.64. The molecule has 0 aromatic carbocycles. The molecule has 100 valence electrons. The second-order valence-corrected chi connectivity index (χ2v) is 6.42. The SMILES string of the molecule is Cc1nc(-c2ccsc2)sc1C(=O)N1CC[C@H](O)C1. The molecule has 3 rings (SSSR count). The number of hydrogen-bond donors (Lipinski definition) is 1. The van der Waals surface area contributed by atoms with Gasteiger partial charge in [0.15, 0.2) is 0 Å². The van der Waals surface area contributed by atoms with Crippen LogP contribution in [0.5, 0.6) is 0 Å². The molecule has 0 unspecified atom stereocenters.